The molecule has 102 valence electrons. The summed E-state index contributed by atoms with van der Waals surface area (Å²) in [5, 5.41) is 0.347. The van der Waals surface area contributed by atoms with Gasteiger partial charge in [0.1, 0.15) is 10.3 Å². The Labute approximate surface area is 123 Å². The molecule has 0 aliphatic carbocycles. The van der Waals surface area contributed by atoms with Crippen molar-refractivity contribution in [3.8, 4) is 0 Å². The third kappa shape index (κ3) is 4.13. The number of methoxy groups -OCH3 is 2. The van der Waals surface area contributed by atoms with Gasteiger partial charge in [-0.15, -0.1) is 0 Å². The molecular weight excluding hydrogens is 330 g/mol. The monoisotopic (exact) mass is 336 g/mol. The number of hydrazine groups is 1. The minimum absolute atomic E-state index is 0.356. The zero-order valence-electron chi connectivity index (χ0n) is 9.19. The van der Waals surface area contributed by atoms with Crippen molar-refractivity contribution in [2.75, 3.05) is 14.2 Å². The molecule has 0 radical (unpaired) electrons. The van der Waals surface area contributed by atoms with Crippen LogP contribution in [-0.2, 0) is 9.47 Å². The first-order valence-corrected chi connectivity index (χ1v) is 5.75. The maximum Gasteiger partial charge on any atom is 0.434 e. The van der Waals surface area contributed by atoms with E-state index >= 15 is 0 Å². The lowest BCUT2D eigenvalue weighted by Gasteiger charge is -2.30. The molecule has 0 saturated carbocycles. The van der Waals surface area contributed by atoms with Crippen molar-refractivity contribution < 1.29 is 19.1 Å². The van der Waals surface area contributed by atoms with Crippen LogP contribution in [0.4, 0.5) is 9.59 Å². The molecule has 0 spiro atoms. The lowest BCUT2D eigenvalue weighted by Crippen LogP contribution is -2.46. The lowest BCUT2D eigenvalue weighted by atomic mass is 10.7. The van der Waals surface area contributed by atoms with Crippen molar-refractivity contribution >= 4 is 58.6 Å². The van der Waals surface area contributed by atoms with Crippen LogP contribution in [-0.4, -0.2) is 36.4 Å². The van der Waals surface area contributed by atoms with E-state index < -0.39 is 12.2 Å². The molecule has 0 aliphatic rings. The molecule has 2 amide bonds. The van der Waals surface area contributed by atoms with E-state index in [4.69, 9.17) is 46.4 Å². The number of amides is 2. The number of carbonyl (C=O) groups excluding carboxylic acids is 2. The van der Waals surface area contributed by atoms with Gasteiger partial charge in [0.15, 0.2) is 0 Å². The predicted octanol–water partition coefficient (Wildman–Crippen LogP) is 3.59. The van der Waals surface area contributed by atoms with Crippen LogP contribution in [0.1, 0.15) is 0 Å². The smallest absolute Gasteiger partial charge is 0.434 e. The molecule has 0 fully saturated rings. The van der Waals surface area contributed by atoms with E-state index in [2.05, 4.69) is 9.47 Å². The van der Waals surface area contributed by atoms with Crippen LogP contribution in [0.2, 0.25) is 0 Å². The summed E-state index contributed by atoms with van der Waals surface area (Å²) in [5.41, 5.74) is 1.65. The molecule has 6 nitrogen and oxygen atoms in total. The summed E-state index contributed by atoms with van der Waals surface area (Å²) >= 11 is 22.1. The molecule has 0 rings (SSSR count). The van der Waals surface area contributed by atoms with Crippen molar-refractivity contribution in [1.29, 1.82) is 0 Å². The van der Waals surface area contributed by atoms with Gasteiger partial charge < -0.3 is 9.47 Å². The Morgan fingerprint density at radius 3 is 1.33 bits per heavy atom. The van der Waals surface area contributed by atoms with Gasteiger partial charge in [-0.2, -0.15) is 10.0 Å². The quantitative estimate of drug-likeness (QED) is 0.570. The van der Waals surface area contributed by atoms with Crippen molar-refractivity contribution in [1.82, 2.24) is 10.0 Å². The molecule has 0 unspecified atom stereocenters. The molecule has 0 aliphatic heterocycles. The topological polar surface area (TPSA) is 59.1 Å². The normalized spacial score (nSPS) is 11.9. The Morgan fingerprint density at radius 1 is 0.889 bits per heavy atom. The summed E-state index contributed by atoms with van der Waals surface area (Å²) in [6, 6.07) is 0. The van der Waals surface area contributed by atoms with Crippen LogP contribution in [0.5, 0.6) is 0 Å². The van der Waals surface area contributed by atoms with Crippen molar-refractivity contribution in [3.63, 3.8) is 0 Å². The van der Waals surface area contributed by atoms with E-state index in [0.29, 0.717) is 10.0 Å². The molecule has 0 atom stereocenters. The average Bonchev–Trinajstić information content (AvgIpc) is 2.41. The molecule has 10 heteroatoms. The second-order valence-corrected chi connectivity index (χ2v) is 3.64. The van der Waals surface area contributed by atoms with Crippen LogP contribution in [0.3, 0.4) is 0 Å². The highest BCUT2D eigenvalue weighted by Crippen LogP contribution is 2.23. The summed E-state index contributed by atoms with van der Waals surface area (Å²) in [5.74, 6) is 0. The number of hydrogen-bond donors (Lipinski definition) is 0. The first-order chi connectivity index (χ1) is 8.44. The molecule has 0 heterocycles. The molecule has 18 heavy (non-hydrogen) atoms. The van der Waals surface area contributed by atoms with Crippen molar-refractivity contribution in [2.24, 2.45) is 0 Å². The number of hydrogen-bond acceptors (Lipinski definition) is 4. The van der Waals surface area contributed by atoms with Crippen LogP contribution < -0.4 is 0 Å². The number of carbonyl (C=O) groups is 2. The molecule has 0 aromatic carbocycles. The van der Waals surface area contributed by atoms with Crippen LogP contribution in [0.25, 0.3) is 0 Å². The van der Waals surface area contributed by atoms with E-state index in [1.807, 2.05) is 0 Å². The van der Waals surface area contributed by atoms with Gasteiger partial charge in [-0.05, 0) is 0 Å². The van der Waals surface area contributed by atoms with Gasteiger partial charge in [0.05, 0.1) is 14.2 Å². The van der Waals surface area contributed by atoms with Gasteiger partial charge >= 0.3 is 12.2 Å². The second-order valence-electron chi connectivity index (χ2n) is 2.43. The molecule has 0 aromatic rings. The summed E-state index contributed by atoms with van der Waals surface area (Å²) in [7, 11) is 2.14. The van der Waals surface area contributed by atoms with E-state index in [1.165, 1.54) is 0 Å². The molecular formula is C8H8Cl4N2O4. The summed E-state index contributed by atoms with van der Waals surface area (Å²) in [4.78, 5) is 23.1. The van der Waals surface area contributed by atoms with Gasteiger partial charge in [0, 0.05) is 11.1 Å². The summed E-state index contributed by atoms with van der Waals surface area (Å²) in [6.45, 7) is 0. The zero-order valence-corrected chi connectivity index (χ0v) is 12.2. The van der Waals surface area contributed by atoms with Gasteiger partial charge in [-0.3, -0.25) is 0 Å². The Bertz CT molecular complexity index is 349. The minimum Gasteiger partial charge on any atom is -0.451 e. The first-order valence-electron chi connectivity index (χ1n) is 4.12. The van der Waals surface area contributed by atoms with E-state index in [-0.39, 0.29) is 10.3 Å². The van der Waals surface area contributed by atoms with Gasteiger partial charge in [-0.1, -0.05) is 46.4 Å². The predicted molar refractivity (Wildman–Crippen MR) is 68.1 cm³/mol. The third-order valence-corrected chi connectivity index (χ3v) is 2.66. The molecule has 0 saturated heterocycles. The van der Waals surface area contributed by atoms with Gasteiger partial charge in [0.2, 0.25) is 0 Å². The Hall–Kier alpha value is -0.820. The highest BCUT2D eigenvalue weighted by atomic mass is 35.5. The maximum atomic E-state index is 11.5. The second kappa shape index (κ2) is 8.31. The highest BCUT2D eigenvalue weighted by molar-refractivity contribution is 6.38. The number of nitrogens with zero attached hydrogens (tertiary/aromatic N) is 2. The zero-order chi connectivity index (χ0) is 14.3. The minimum atomic E-state index is -1.03. The Balaban J connectivity index is 5.63. The van der Waals surface area contributed by atoms with Crippen LogP contribution in [0.15, 0.2) is 21.4 Å². The van der Waals surface area contributed by atoms with Crippen molar-refractivity contribution in [2.45, 2.75) is 0 Å². The Kier molecular flexibility index (Phi) is 7.93. The maximum absolute atomic E-state index is 11.5. The van der Waals surface area contributed by atoms with Crippen molar-refractivity contribution in [3.05, 3.63) is 21.4 Å². The first kappa shape index (κ1) is 17.2. The SMILES string of the molecule is COC(=O)N(/C(Cl)=C\Cl)N(C(=O)OC)/C(Cl)=C\Cl. The standard InChI is InChI=1S/C8H8Cl4N2O4/c1-17-7(15)13(5(11)3-9)14(6(12)4-10)8(16)18-2/h3-4H,1-2H3/b5-3-,6-4-. The molecule has 0 N–H and O–H groups in total. The number of rotatable bonds is 2. The fourth-order valence-corrected chi connectivity index (χ4v) is 1.27. The fraction of sp³-hybridized carbons (Fsp3) is 0.250. The highest BCUT2D eigenvalue weighted by Gasteiger charge is 2.32. The summed E-state index contributed by atoms with van der Waals surface area (Å²) in [6.07, 6.45) is -2.06. The van der Waals surface area contributed by atoms with Crippen LogP contribution >= 0.6 is 46.4 Å². The number of ether oxygens (including phenoxy) is 2. The van der Waals surface area contributed by atoms with Gasteiger partial charge in [-0.25, -0.2) is 9.59 Å². The largest absolute Gasteiger partial charge is 0.451 e. The molecule has 0 aromatic heterocycles. The van der Waals surface area contributed by atoms with Gasteiger partial charge in [0.25, 0.3) is 0 Å². The van der Waals surface area contributed by atoms with E-state index in [1.54, 1.807) is 0 Å². The van der Waals surface area contributed by atoms with Crippen LogP contribution in [0, 0.1) is 0 Å². The summed E-state index contributed by atoms with van der Waals surface area (Å²) < 4.78 is 8.86. The molecule has 0 bridgehead atoms. The van der Waals surface area contributed by atoms with E-state index in [9.17, 15) is 9.59 Å². The Morgan fingerprint density at radius 2 is 1.17 bits per heavy atom. The fourth-order valence-electron chi connectivity index (χ4n) is 0.794. The lowest BCUT2D eigenvalue weighted by molar-refractivity contribution is 0.0389. The number of halogens is 4. The average molecular weight is 338 g/mol. The van der Waals surface area contributed by atoms with E-state index in [0.717, 1.165) is 25.3 Å². The third-order valence-electron chi connectivity index (χ3n) is 1.48.